The van der Waals surface area contributed by atoms with Gasteiger partial charge in [0.1, 0.15) is 0 Å². The number of piperidine rings is 1. The van der Waals surface area contributed by atoms with Gasteiger partial charge >= 0.3 is 0 Å². The maximum atomic E-state index is 12.4. The van der Waals surface area contributed by atoms with Crippen LogP contribution in [0.15, 0.2) is 18.2 Å². The van der Waals surface area contributed by atoms with Crippen molar-refractivity contribution in [1.82, 2.24) is 4.31 Å². The van der Waals surface area contributed by atoms with E-state index < -0.39 is 10.0 Å². The van der Waals surface area contributed by atoms with Crippen LogP contribution in [0, 0.1) is 5.92 Å². The van der Waals surface area contributed by atoms with Gasteiger partial charge in [-0.05, 0) is 37.5 Å². The second kappa shape index (κ2) is 8.52. The highest BCUT2D eigenvalue weighted by molar-refractivity contribution is 7.89. The van der Waals surface area contributed by atoms with Gasteiger partial charge in [0.2, 0.25) is 15.9 Å². The first-order valence-electron chi connectivity index (χ1n) is 8.07. The zero-order valence-corrected chi connectivity index (χ0v) is 15.9. The fraction of sp³-hybridized carbons (Fsp3) is 0.562. The lowest BCUT2D eigenvalue weighted by molar-refractivity contribution is -0.120. The lowest BCUT2D eigenvalue weighted by Crippen LogP contribution is -2.42. The molecule has 1 saturated heterocycles. The van der Waals surface area contributed by atoms with Crippen molar-refractivity contribution in [3.63, 3.8) is 0 Å². The maximum Gasteiger partial charge on any atom is 0.227 e. The number of anilines is 1. The summed E-state index contributed by atoms with van der Waals surface area (Å²) in [7, 11) is -3.20. The Kier molecular flexibility index (Phi) is 6.92. The van der Waals surface area contributed by atoms with Crippen LogP contribution in [0.5, 0.6) is 0 Å². The van der Waals surface area contributed by atoms with Crippen molar-refractivity contribution < 1.29 is 13.2 Å². The van der Waals surface area contributed by atoms with Crippen LogP contribution in [0.1, 0.15) is 32.6 Å². The van der Waals surface area contributed by atoms with E-state index in [1.165, 1.54) is 4.31 Å². The molecule has 0 radical (unpaired) electrons. The number of rotatable bonds is 6. The zero-order valence-electron chi connectivity index (χ0n) is 13.6. The number of carbonyl (C=O) groups excluding carboxylic acids is 1. The van der Waals surface area contributed by atoms with Crippen molar-refractivity contribution in [1.29, 1.82) is 0 Å². The Balaban J connectivity index is 1.91. The molecule has 1 amide bonds. The summed E-state index contributed by atoms with van der Waals surface area (Å²) in [6.45, 7) is 2.74. The summed E-state index contributed by atoms with van der Waals surface area (Å²) in [4.78, 5) is 12.4. The molecule has 0 aromatic heterocycles. The molecule has 1 heterocycles. The predicted molar refractivity (Wildman–Crippen MR) is 98.1 cm³/mol. The topological polar surface area (TPSA) is 66.5 Å². The minimum Gasteiger partial charge on any atom is -0.325 e. The van der Waals surface area contributed by atoms with E-state index in [1.807, 2.05) is 6.92 Å². The zero-order chi connectivity index (χ0) is 17.7. The number of benzene rings is 1. The van der Waals surface area contributed by atoms with Gasteiger partial charge in [0.05, 0.1) is 16.5 Å². The average Bonchev–Trinajstić information content (AvgIpc) is 2.55. The first-order chi connectivity index (χ1) is 11.3. The van der Waals surface area contributed by atoms with E-state index in [0.29, 0.717) is 48.1 Å². The van der Waals surface area contributed by atoms with Crippen LogP contribution in [0.2, 0.25) is 10.0 Å². The summed E-state index contributed by atoms with van der Waals surface area (Å²) in [5.41, 5.74) is 0.518. The third-order valence-electron chi connectivity index (χ3n) is 4.16. The molecule has 0 unspecified atom stereocenters. The van der Waals surface area contributed by atoms with Crippen LogP contribution in [0.4, 0.5) is 5.69 Å². The van der Waals surface area contributed by atoms with Crippen molar-refractivity contribution in [3.05, 3.63) is 28.2 Å². The molecule has 0 bridgehead atoms. The fourth-order valence-electron chi connectivity index (χ4n) is 2.68. The van der Waals surface area contributed by atoms with E-state index in [4.69, 9.17) is 23.2 Å². The lowest BCUT2D eigenvalue weighted by atomic mass is 9.97. The van der Waals surface area contributed by atoms with Gasteiger partial charge in [-0.1, -0.05) is 36.5 Å². The van der Waals surface area contributed by atoms with Crippen LogP contribution in [0.25, 0.3) is 0 Å². The molecule has 134 valence electrons. The van der Waals surface area contributed by atoms with E-state index >= 15 is 0 Å². The Hall–Kier alpha value is -0.820. The van der Waals surface area contributed by atoms with Crippen molar-refractivity contribution in [3.8, 4) is 0 Å². The molecule has 5 nitrogen and oxygen atoms in total. The second-order valence-corrected chi connectivity index (χ2v) is 8.89. The molecule has 1 aromatic carbocycles. The van der Waals surface area contributed by atoms with Crippen LogP contribution in [-0.4, -0.2) is 37.5 Å². The van der Waals surface area contributed by atoms with Gasteiger partial charge in [-0.2, -0.15) is 0 Å². The van der Waals surface area contributed by atoms with Gasteiger partial charge in [-0.15, -0.1) is 0 Å². The van der Waals surface area contributed by atoms with Gasteiger partial charge < -0.3 is 5.32 Å². The van der Waals surface area contributed by atoms with Crippen molar-refractivity contribution in [2.24, 2.45) is 5.92 Å². The lowest BCUT2D eigenvalue weighted by Gasteiger charge is -2.30. The van der Waals surface area contributed by atoms with Crippen molar-refractivity contribution >= 4 is 44.8 Å². The van der Waals surface area contributed by atoms with E-state index in [2.05, 4.69) is 5.32 Å². The quantitative estimate of drug-likeness (QED) is 0.800. The Morgan fingerprint density at radius 2 is 1.96 bits per heavy atom. The molecule has 24 heavy (non-hydrogen) atoms. The summed E-state index contributed by atoms with van der Waals surface area (Å²) in [5, 5.41) is 3.69. The molecule has 1 N–H and O–H groups in total. The molecule has 0 atom stereocenters. The normalized spacial score (nSPS) is 17.0. The predicted octanol–water partition coefficient (Wildman–Crippen LogP) is 3.77. The fourth-order valence-corrected chi connectivity index (χ4v) is 4.81. The highest BCUT2D eigenvalue weighted by Gasteiger charge is 2.30. The number of carbonyl (C=O) groups is 1. The molecule has 8 heteroatoms. The second-order valence-electron chi connectivity index (χ2n) is 5.96. The largest absolute Gasteiger partial charge is 0.325 e. The molecular weight excluding hydrogens is 371 g/mol. The van der Waals surface area contributed by atoms with Crippen LogP contribution in [-0.2, 0) is 14.8 Å². The standard InChI is InChI=1S/C16H22Cl2N2O3S/c1-2-3-10-24(22,23)20-8-6-12(7-9-20)16(21)19-15-5-4-13(17)11-14(15)18/h4-5,11-12H,2-3,6-10H2,1H3,(H,19,21). The Morgan fingerprint density at radius 1 is 1.29 bits per heavy atom. The number of unbranched alkanes of at least 4 members (excludes halogenated alkanes) is 1. The number of hydrogen-bond acceptors (Lipinski definition) is 3. The monoisotopic (exact) mass is 392 g/mol. The van der Waals surface area contributed by atoms with E-state index in [9.17, 15) is 13.2 Å². The SMILES string of the molecule is CCCCS(=O)(=O)N1CCC(C(=O)Nc2ccc(Cl)cc2Cl)CC1. The first kappa shape index (κ1) is 19.5. The van der Waals surface area contributed by atoms with E-state index in [1.54, 1.807) is 18.2 Å². The van der Waals surface area contributed by atoms with Gasteiger partial charge in [-0.3, -0.25) is 4.79 Å². The van der Waals surface area contributed by atoms with Gasteiger partial charge in [-0.25, -0.2) is 12.7 Å². The van der Waals surface area contributed by atoms with Crippen molar-refractivity contribution in [2.75, 3.05) is 24.2 Å². The Morgan fingerprint density at radius 3 is 2.54 bits per heavy atom. The molecule has 1 fully saturated rings. The molecule has 0 spiro atoms. The smallest absolute Gasteiger partial charge is 0.227 e. The molecule has 2 rings (SSSR count). The van der Waals surface area contributed by atoms with Gasteiger partial charge in [0.15, 0.2) is 0 Å². The van der Waals surface area contributed by atoms with Gasteiger partial charge in [0.25, 0.3) is 0 Å². The summed E-state index contributed by atoms with van der Waals surface area (Å²) in [5.74, 6) is -0.167. The molecule has 1 aromatic rings. The molecular formula is C16H22Cl2N2O3S. The summed E-state index contributed by atoms with van der Waals surface area (Å²) < 4.78 is 25.9. The highest BCUT2D eigenvalue weighted by atomic mass is 35.5. The summed E-state index contributed by atoms with van der Waals surface area (Å²) in [6.07, 6.45) is 2.54. The summed E-state index contributed by atoms with van der Waals surface area (Å²) >= 11 is 11.9. The highest BCUT2D eigenvalue weighted by Crippen LogP contribution is 2.27. The summed E-state index contributed by atoms with van der Waals surface area (Å²) in [6, 6.07) is 4.89. The molecule has 1 aliphatic rings. The van der Waals surface area contributed by atoms with Crippen molar-refractivity contribution in [2.45, 2.75) is 32.6 Å². The minimum atomic E-state index is -3.20. The molecule has 0 aliphatic carbocycles. The first-order valence-corrected chi connectivity index (χ1v) is 10.4. The van der Waals surface area contributed by atoms with Crippen LogP contribution in [0.3, 0.4) is 0 Å². The van der Waals surface area contributed by atoms with Gasteiger partial charge in [0, 0.05) is 24.0 Å². The van der Waals surface area contributed by atoms with E-state index in [0.717, 1.165) is 6.42 Å². The number of nitrogens with zero attached hydrogens (tertiary/aromatic N) is 1. The third kappa shape index (κ3) is 5.09. The number of halogens is 2. The Labute approximate surface area is 153 Å². The van der Waals surface area contributed by atoms with Crippen LogP contribution >= 0.6 is 23.2 Å². The number of sulfonamides is 1. The number of amides is 1. The number of hydrogen-bond donors (Lipinski definition) is 1. The molecule has 1 aliphatic heterocycles. The number of nitrogens with one attached hydrogen (secondary N) is 1. The average molecular weight is 393 g/mol. The minimum absolute atomic E-state index is 0.134. The molecule has 0 saturated carbocycles. The van der Waals surface area contributed by atoms with E-state index in [-0.39, 0.29) is 17.6 Å². The van der Waals surface area contributed by atoms with Crippen LogP contribution < -0.4 is 5.32 Å². The third-order valence-corrected chi connectivity index (χ3v) is 6.67. The maximum absolute atomic E-state index is 12.4. The Bertz CT molecular complexity index is 687.